The number of hydrogen-bond donors (Lipinski definition) is 0. The standard InChI is InChI=1S/C27H30O4/c1-18(2)23-11-13-25(14-12-23)24-9-7-21(8-10-24)15-22(16-30-26(28)19(3)4)17-31-27(29)20(5)6/h7-14,22H,1,3,5,15-17H2,2,4,6H3. The van der Waals surface area contributed by atoms with Crippen LogP contribution < -0.4 is 0 Å². The summed E-state index contributed by atoms with van der Waals surface area (Å²) in [6.07, 6.45) is 0.599. The Balaban J connectivity index is 2.08. The molecule has 0 spiro atoms. The highest BCUT2D eigenvalue weighted by Gasteiger charge is 2.16. The third-order valence-electron chi connectivity index (χ3n) is 4.79. The highest BCUT2D eigenvalue weighted by atomic mass is 16.5. The smallest absolute Gasteiger partial charge is 0.333 e. The van der Waals surface area contributed by atoms with E-state index in [1.165, 1.54) is 0 Å². The quantitative estimate of drug-likeness (QED) is 0.362. The largest absolute Gasteiger partial charge is 0.462 e. The predicted molar refractivity (Wildman–Crippen MR) is 125 cm³/mol. The summed E-state index contributed by atoms with van der Waals surface area (Å²) in [4.78, 5) is 23.5. The molecule has 0 saturated carbocycles. The first-order valence-corrected chi connectivity index (χ1v) is 10.2. The van der Waals surface area contributed by atoms with Crippen molar-refractivity contribution in [1.82, 2.24) is 0 Å². The van der Waals surface area contributed by atoms with E-state index >= 15 is 0 Å². The summed E-state index contributed by atoms with van der Waals surface area (Å²) in [5.41, 5.74) is 6.11. The van der Waals surface area contributed by atoms with Crippen LogP contribution in [0, 0.1) is 5.92 Å². The topological polar surface area (TPSA) is 52.6 Å². The Bertz CT molecular complexity index is 935. The molecule has 0 saturated heterocycles. The maximum absolute atomic E-state index is 11.8. The highest BCUT2D eigenvalue weighted by molar-refractivity contribution is 5.87. The Morgan fingerprint density at radius 1 is 0.742 bits per heavy atom. The fraction of sp³-hybridized carbons (Fsp3) is 0.259. The minimum absolute atomic E-state index is 0.138. The zero-order valence-corrected chi connectivity index (χ0v) is 18.6. The van der Waals surface area contributed by atoms with Crippen molar-refractivity contribution < 1.29 is 19.1 Å². The fourth-order valence-corrected chi connectivity index (χ4v) is 2.91. The van der Waals surface area contributed by atoms with Gasteiger partial charge >= 0.3 is 11.9 Å². The number of esters is 2. The van der Waals surface area contributed by atoms with Crippen molar-refractivity contribution in [2.45, 2.75) is 27.2 Å². The third kappa shape index (κ3) is 7.41. The molecule has 2 aromatic carbocycles. The summed E-state index contributed by atoms with van der Waals surface area (Å²) >= 11 is 0. The molecule has 0 unspecified atom stereocenters. The van der Waals surface area contributed by atoms with E-state index in [2.05, 4.69) is 56.1 Å². The normalized spacial score (nSPS) is 10.5. The van der Waals surface area contributed by atoms with E-state index < -0.39 is 11.9 Å². The van der Waals surface area contributed by atoms with Crippen molar-refractivity contribution in [3.63, 3.8) is 0 Å². The van der Waals surface area contributed by atoms with Gasteiger partial charge in [-0.2, -0.15) is 0 Å². The van der Waals surface area contributed by atoms with E-state index in [9.17, 15) is 9.59 Å². The first-order valence-electron chi connectivity index (χ1n) is 10.2. The molecule has 0 heterocycles. The van der Waals surface area contributed by atoms with Crippen molar-refractivity contribution in [2.75, 3.05) is 13.2 Å². The van der Waals surface area contributed by atoms with Crippen LogP contribution in [0.15, 0.2) is 79.4 Å². The van der Waals surface area contributed by atoms with Crippen molar-refractivity contribution >= 4 is 17.5 Å². The van der Waals surface area contributed by atoms with Crippen molar-refractivity contribution in [2.24, 2.45) is 5.92 Å². The average molecular weight is 419 g/mol. The fourth-order valence-electron chi connectivity index (χ4n) is 2.91. The summed E-state index contributed by atoms with van der Waals surface area (Å²) in [5.74, 6) is -1.08. The maximum Gasteiger partial charge on any atom is 0.333 e. The van der Waals surface area contributed by atoms with Gasteiger partial charge in [-0.05, 0) is 49.4 Å². The van der Waals surface area contributed by atoms with Gasteiger partial charge in [0.1, 0.15) is 0 Å². The molecule has 0 amide bonds. The minimum atomic E-state index is -0.454. The van der Waals surface area contributed by atoms with E-state index in [1.54, 1.807) is 13.8 Å². The monoisotopic (exact) mass is 418 g/mol. The molecule has 0 N–H and O–H groups in total. The molecule has 0 atom stereocenters. The van der Waals surface area contributed by atoms with Gasteiger partial charge in [-0.25, -0.2) is 9.59 Å². The SMILES string of the molecule is C=C(C)C(=O)OCC(COC(=O)C(=C)C)Cc1ccc(-c2ccc(C(=C)C)cc2)cc1. The molecule has 0 aliphatic heterocycles. The van der Waals surface area contributed by atoms with Crippen LogP contribution in [0.3, 0.4) is 0 Å². The Morgan fingerprint density at radius 2 is 1.16 bits per heavy atom. The Morgan fingerprint density at radius 3 is 1.55 bits per heavy atom. The van der Waals surface area contributed by atoms with E-state index in [0.717, 1.165) is 27.8 Å². The molecule has 0 radical (unpaired) electrons. The van der Waals surface area contributed by atoms with E-state index in [-0.39, 0.29) is 19.1 Å². The molecule has 0 aromatic heterocycles. The first-order chi connectivity index (χ1) is 14.7. The zero-order valence-electron chi connectivity index (χ0n) is 18.6. The number of allylic oxidation sites excluding steroid dienone is 1. The molecule has 0 fully saturated rings. The second kappa shape index (κ2) is 11.1. The summed E-state index contributed by atoms with van der Waals surface area (Å²) in [5, 5.41) is 0. The molecule has 0 aliphatic rings. The van der Waals surface area contributed by atoms with E-state index in [1.807, 2.05) is 19.1 Å². The number of rotatable bonds is 10. The molecule has 2 aromatic rings. The Labute approximate surface area is 184 Å². The zero-order chi connectivity index (χ0) is 23.0. The summed E-state index contributed by atoms with van der Waals surface area (Å²) in [6.45, 7) is 16.6. The molecule has 4 nitrogen and oxygen atoms in total. The van der Waals surface area contributed by atoms with Gasteiger partial charge in [-0.3, -0.25) is 0 Å². The van der Waals surface area contributed by atoms with Gasteiger partial charge in [0, 0.05) is 17.1 Å². The lowest BCUT2D eigenvalue weighted by Crippen LogP contribution is -2.23. The van der Waals surface area contributed by atoms with Gasteiger partial charge in [0.05, 0.1) is 13.2 Å². The number of hydrogen-bond acceptors (Lipinski definition) is 4. The van der Waals surface area contributed by atoms with Crippen LogP contribution in [0.4, 0.5) is 0 Å². The van der Waals surface area contributed by atoms with Gasteiger partial charge in [-0.1, -0.05) is 73.8 Å². The third-order valence-corrected chi connectivity index (χ3v) is 4.79. The lowest BCUT2D eigenvalue weighted by molar-refractivity contribution is -0.144. The second-order valence-electron chi connectivity index (χ2n) is 7.88. The molecule has 31 heavy (non-hydrogen) atoms. The molecular weight excluding hydrogens is 388 g/mol. The molecular formula is C27H30O4. The molecule has 2 rings (SSSR count). The average Bonchev–Trinajstić information content (AvgIpc) is 2.75. The molecule has 162 valence electrons. The first kappa shape index (κ1) is 23.9. The van der Waals surface area contributed by atoms with Crippen LogP contribution in [0.5, 0.6) is 0 Å². The van der Waals surface area contributed by atoms with E-state index in [0.29, 0.717) is 17.6 Å². The van der Waals surface area contributed by atoms with Gasteiger partial charge in [0.2, 0.25) is 0 Å². The number of carbonyl (C=O) groups is 2. The lowest BCUT2D eigenvalue weighted by Gasteiger charge is -2.18. The van der Waals surface area contributed by atoms with Crippen LogP contribution in [0.2, 0.25) is 0 Å². The number of ether oxygens (including phenoxy) is 2. The second-order valence-corrected chi connectivity index (χ2v) is 7.88. The maximum atomic E-state index is 11.8. The van der Waals surface area contributed by atoms with Crippen molar-refractivity contribution in [3.8, 4) is 11.1 Å². The minimum Gasteiger partial charge on any atom is -0.462 e. The lowest BCUT2D eigenvalue weighted by atomic mass is 9.97. The Kier molecular flexibility index (Phi) is 8.56. The number of carbonyl (C=O) groups excluding carboxylic acids is 2. The predicted octanol–water partition coefficient (Wildman–Crippen LogP) is 5.78. The summed E-state index contributed by atoms with van der Waals surface area (Å²) < 4.78 is 10.6. The highest BCUT2D eigenvalue weighted by Crippen LogP contribution is 2.23. The van der Waals surface area contributed by atoms with Gasteiger partial charge < -0.3 is 9.47 Å². The van der Waals surface area contributed by atoms with Crippen LogP contribution in [-0.2, 0) is 25.5 Å². The van der Waals surface area contributed by atoms with Crippen molar-refractivity contribution in [3.05, 3.63) is 90.5 Å². The molecule has 0 aliphatic carbocycles. The van der Waals surface area contributed by atoms with Crippen molar-refractivity contribution in [1.29, 1.82) is 0 Å². The summed E-state index contributed by atoms with van der Waals surface area (Å²) in [6, 6.07) is 16.5. The van der Waals surface area contributed by atoms with Crippen LogP contribution in [-0.4, -0.2) is 25.2 Å². The molecule has 0 bridgehead atoms. The molecule has 4 heteroatoms. The Hall–Kier alpha value is -3.40. The van der Waals surface area contributed by atoms with Gasteiger partial charge in [0.15, 0.2) is 0 Å². The van der Waals surface area contributed by atoms with E-state index in [4.69, 9.17) is 9.47 Å². The van der Waals surface area contributed by atoms with Gasteiger partial charge in [-0.15, -0.1) is 0 Å². The van der Waals surface area contributed by atoms with Gasteiger partial charge in [0.25, 0.3) is 0 Å². The number of benzene rings is 2. The van der Waals surface area contributed by atoms with Crippen LogP contribution in [0.1, 0.15) is 31.9 Å². The summed E-state index contributed by atoms with van der Waals surface area (Å²) in [7, 11) is 0. The van der Waals surface area contributed by atoms with Crippen LogP contribution in [0.25, 0.3) is 16.7 Å². The van der Waals surface area contributed by atoms with Crippen LogP contribution >= 0.6 is 0 Å².